The average Bonchev–Trinajstić information content (AvgIpc) is 2.57. The SMILES string of the molecule is COc1cc(Br)c(CCNC(=O)c2cc(Cl)ccc2O)cc1OC. The Labute approximate surface area is 153 Å². The van der Waals surface area contributed by atoms with Crippen LogP contribution in [0.1, 0.15) is 15.9 Å². The second-order valence-corrected chi connectivity index (χ2v) is 6.26. The Balaban J connectivity index is 2.04. The van der Waals surface area contributed by atoms with E-state index in [1.807, 2.05) is 12.1 Å². The van der Waals surface area contributed by atoms with Crippen LogP contribution in [0.15, 0.2) is 34.8 Å². The summed E-state index contributed by atoms with van der Waals surface area (Å²) in [6.07, 6.45) is 0.577. The lowest BCUT2D eigenvalue weighted by atomic mass is 10.1. The van der Waals surface area contributed by atoms with Gasteiger partial charge in [0.15, 0.2) is 11.5 Å². The van der Waals surface area contributed by atoms with Gasteiger partial charge in [-0.05, 0) is 42.3 Å². The molecule has 0 unspecified atom stereocenters. The van der Waals surface area contributed by atoms with Crippen molar-refractivity contribution in [2.24, 2.45) is 0 Å². The first kappa shape index (κ1) is 18.4. The first-order chi connectivity index (χ1) is 11.5. The number of methoxy groups -OCH3 is 2. The van der Waals surface area contributed by atoms with Gasteiger partial charge in [-0.3, -0.25) is 4.79 Å². The molecule has 2 aromatic carbocycles. The van der Waals surface area contributed by atoms with E-state index in [4.69, 9.17) is 21.1 Å². The molecule has 0 fully saturated rings. The number of phenolic OH excluding ortho intramolecular Hbond substituents is 1. The third-order valence-corrected chi connectivity index (χ3v) is 4.41. The molecule has 0 atom stereocenters. The van der Waals surface area contributed by atoms with Gasteiger partial charge in [0, 0.05) is 16.0 Å². The number of halogens is 2. The zero-order valence-corrected chi connectivity index (χ0v) is 15.6. The Hall–Kier alpha value is -1.92. The molecule has 0 aliphatic rings. The summed E-state index contributed by atoms with van der Waals surface area (Å²) in [5.74, 6) is 0.756. The molecule has 7 heteroatoms. The Morgan fingerprint density at radius 3 is 2.54 bits per heavy atom. The van der Waals surface area contributed by atoms with Gasteiger partial charge in [-0.15, -0.1) is 0 Å². The molecule has 2 N–H and O–H groups in total. The molecule has 5 nitrogen and oxygen atoms in total. The van der Waals surface area contributed by atoms with Gasteiger partial charge in [0.05, 0.1) is 19.8 Å². The Kier molecular flexibility index (Phi) is 6.34. The van der Waals surface area contributed by atoms with Gasteiger partial charge < -0.3 is 19.9 Å². The fourth-order valence-corrected chi connectivity index (χ4v) is 2.88. The molecule has 2 rings (SSSR count). The number of carbonyl (C=O) groups excluding carboxylic acids is 1. The second kappa shape index (κ2) is 8.26. The van der Waals surface area contributed by atoms with Gasteiger partial charge in [-0.25, -0.2) is 0 Å². The minimum absolute atomic E-state index is 0.107. The zero-order valence-electron chi connectivity index (χ0n) is 13.2. The minimum Gasteiger partial charge on any atom is -0.507 e. The third kappa shape index (κ3) is 4.33. The van der Waals surface area contributed by atoms with E-state index < -0.39 is 0 Å². The highest BCUT2D eigenvalue weighted by atomic mass is 79.9. The molecule has 128 valence electrons. The first-order valence-corrected chi connectivity index (χ1v) is 8.30. The molecular formula is C17H17BrClNO4. The van der Waals surface area contributed by atoms with Crippen molar-refractivity contribution in [1.82, 2.24) is 5.32 Å². The van der Waals surface area contributed by atoms with Gasteiger partial charge in [-0.2, -0.15) is 0 Å². The van der Waals surface area contributed by atoms with Gasteiger partial charge in [0.2, 0.25) is 0 Å². The molecule has 0 bridgehead atoms. The molecule has 0 aliphatic heterocycles. The van der Waals surface area contributed by atoms with Crippen molar-refractivity contribution in [2.45, 2.75) is 6.42 Å². The fourth-order valence-electron chi connectivity index (χ4n) is 2.18. The quantitative estimate of drug-likeness (QED) is 0.754. The van der Waals surface area contributed by atoms with E-state index in [1.165, 1.54) is 18.2 Å². The Morgan fingerprint density at radius 1 is 1.21 bits per heavy atom. The summed E-state index contributed by atoms with van der Waals surface area (Å²) in [6.45, 7) is 0.388. The van der Waals surface area contributed by atoms with Crippen LogP contribution in [0.4, 0.5) is 0 Å². The average molecular weight is 415 g/mol. The van der Waals surface area contributed by atoms with Crippen LogP contribution in [-0.2, 0) is 6.42 Å². The van der Waals surface area contributed by atoms with Crippen LogP contribution >= 0.6 is 27.5 Å². The molecule has 0 radical (unpaired) electrons. The number of ether oxygens (including phenoxy) is 2. The van der Waals surface area contributed by atoms with E-state index in [1.54, 1.807) is 14.2 Å². The van der Waals surface area contributed by atoms with Crippen molar-refractivity contribution in [3.05, 3.63) is 51.0 Å². The smallest absolute Gasteiger partial charge is 0.255 e. The summed E-state index contributed by atoms with van der Waals surface area (Å²) in [5.41, 5.74) is 1.11. The second-order valence-electron chi connectivity index (χ2n) is 4.97. The highest BCUT2D eigenvalue weighted by Gasteiger charge is 2.13. The lowest BCUT2D eigenvalue weighted by molar-refractivity contribution is 0.0951. The monoisotopic (exact) mass is 413 g/mol. The fraction of sp³-hybridized carbons (Fsp3) is 0.235. The molecule has 2 aromatic rings. The standard InChI is InChI=1S/C17H17BrClNO4/c1-23-15-7-10(13(18)9-16(15)24-2)5-6-20-17(22)12-8-11(19)3-4-14(12)21/h3-4,7-9,21H,5-6H2,1-2H3,(H,20,22). The minimum atomic E-state index is -0.383. The van der Waals surface area contributed by atoms with Crippen LogP contribution in [0, 0.1) is 0 Å². The predicted octanol–water partition coefficient (Wildman–Crippen LogP) is 3.80. The van der Waals surface area contributed by atoms with Crippen molar-refractivity contribution in [2.75, 3.05) is 20.8 Å². The Morgan fingerprint density at radius 2 is 1.88 bits per heavy atom. The van der Waals surface area contributed by atoms with Gasteiger partial charge in [0.25, 0.3) is 5.91 Å². The molecule has 0 aromatic heterocycles. The number of amides is 1. The maximum absolute atomic E-state index is 12.1. The molecular weight excluding hydrogens is 398 g/mol. The molecule has 1 amide bonds. The summed E-state index contributed by atoms with van der Waals surface area (Å²) >= 11 is 9.33. The van der Waals surface area contributed by atoms with E-state index in [2.05, 4.69) is 21.2 Å². The van der Waals surface area contributed by atoms with Crippen LogP contribution in [0.5, 0.6) is 17.2 Å². The molecule has 0 heterocycles. The molecule has 0 aliphatic carbocycles. The van der Waals surface area contributed by atoms with Crippen molar-refractivity contribution in [3.63, 3.8) is 0 Å². The Bertz CT molecular complexity index is 752. The van der Waals surface area contributed by atoms with Gasteiger partial charge >= 0.3 is 0 Å². The normalized spacial score (nSPS) is 10.3. The number of benzene rings is 2. The summed E-state index contributed by atoms with van der Waals surface area (Å²) < 4.78 is 11.4. The first-order valence-electron chi connectivity index (χ1n) is 7.13. The highest BCUT2D eigenvalue weighted by molar-refractivity contribution is 9.10. The molecule has 0 spiro atoms. The van der Waals surface area contributed by atoms with E-state index in [0.29, 0.717) is 29.5 Å². The summed E-state index contributed by atoms with van der Waals surface area (Å²) in [5, 5.41) is 12.9. The number of hydrogen-bond donors (Lipinski definition) is 2. The number of carbonyl (C=O) groups is 1. The lowest BCUT2D eigenvalue weighted by Gasteiger charge is -2.12. The maximum atomic E-state index is 12.1. The number of hydrogen-bond acceptors (Lipinski definition) is 4. The topological polar surface area (TPSA) is 67.8 Å². The predicted molar refractivity (Wildman–Crippen MR) is 96.4 cm³/mol. The van der Waals surface area contributed by atoms with Crippen LogP contribution < -0.4 is 14.8 Å². The highest BCUT2D eigenvalue weighted by Crippen LogP contribution is 2.33. The number of nitrogens with one attached hydrogen (secondary N) is 1. The number of rotatable bonds is 6. The van der Waals surface area contributed by atoms with E-state index in [9.17, 15) is 9.90 Å². The van der Waals surface area contributed by atoms with Crippen LogP contribution in [0.3, 0.4) is 0 Å². The van der Waals surface area contributed by atoms with Crippen molar-refractivity contribution >= 4 is 33.4 Å². The van der Waals surface area contributed by atoms with Gasteiger partial charge in [-0.1, -0.05) is 27.5 Å². The largest absolute Gasteiger partial charge is 0.507 e. The summed E-state index contributed by atoms with van der Waals surface area (Å²) in [6, 6.07) is 8.01. The number of phenols is 1. The van der Waals surface area contributed by atoms with Gasteiger partial charge in [0.1, 0.15) is 5.75 Å². The molecule has 0 saturated heterocycles. The van der Waals surface area contributed by atoms with E-state index >= 15 is 0 Å². The zero-order chi connectivity index (χ0) is 17.7. The van der Waals surface area contributed by atoms with E-state index in [-0.39, 0.29) is 17.2 Å². The molecule has 24 heavy (non-hydrogen) atoms. The van der Waals surface area contributed by atoms with Crippen LogP contribution in [0.25, 0.3) is 0 Å². The van der Waals surface area contributed by atoms with E-state index in [0.717, 1.165) is 10.0 Å². The van der Waals surface area contributed by atoms with Crippen molar-refractivity contribution in [1.29, 1.82) is 0 Å². The molecule has 0 saturated carbocycles. The lowest BCUT2D eigenvalue weighted by Crippen LogP contribution is -2.25. The van der Waals surface area contributed by atoms with Crippen LogP contribution in [0.2, 0.25) is 5.02 Å². The number of aromatic hydroxyl groups is 1. The summed E-state index contributed by atoms with van der Waals surface area (Å²) in [7, 11) is 3.14. The maximum Gasteiger partial charge on any atom is 0.255 e. The third-order valence-electron chi connectivity index (χ3n) is 3.44. The van der Waals surface area contributed by atoms with Crippen LogP contribution in [-0.4, -0.2) is 31.8 Å². The van der Waals surface area contributed by atoms with Crippen molar-refractivity contribution < 1.29 is 19.4 Å². The van der Waals surface area contributed by atoms with Crippen molar-refractivity contribution in [3.8, 4) is 17.2 Å². The summed E-state index contributed by atoms with van der Waals surface area (Å²) in [4.78, 5) is 12.1.